The van der Waals surface area contributed by atoms with Crippen molar-refractivity contribution in [2.45, 2.75) is 64.3 Å². The molecule has 5 aromatic carbocycles. The molecule has 8 heterocycles. The number of carbonyl (C=O) groups is 5. The molecule has 24 nitrogen and oxygen atoms in total. The number of aliphatic hydroxyl groups excluding tert-OH is 1. The van der Waals surface area contributed by atoms with Gasteiger partial charge in [-0.2, -0.15) is 20.4 Å². The number of aliphatic hydroxyl groups is 1. The molecule has 0 aliphatic heterocycles. The second-order valence-corrected chi connectivity index (χ2v) is 25.4. The Labute approximate surface area is 609 Å². The highest BCUT2D eigenvalue weighted by Crippen LogP contribution is 2.30. The van der Waals surface area contributed by atoms with E-state index in [4.69, 9.17) is 10.5 Å². The number of anilines is 1. The van der Waals surface area contributed by atoms with Crippen LogP contribution in [0.25, 0.3) is 92.2 Å². The first kappa shape index (κ1) is 74.6. The van der Waals surface area contributed by atoms with Gasteiger partial charge in [-0.05, 0) is 165 Å². The summed E-state index contributed by atoms with van der Waals surface area (Å²) in [4.78, 5) is 76.4. The average molecular weight is 1450 g/mol. The number of nitrogens with one attached hydrogen (secondary N) is 7. The van der Waals surface area contributed by atoms with E-state index >= 15 is 0 Å². The fourth-order valence-electron chi connectivity index (χ4n) is 10.7. The maximum absolute atomic E-state index is 14.6. The average Bonchev–Trinajstić information content (AvgIpc) is 1.69. The Kier molecular flexibility index (Phi) is 23.8. The number of nitrogens with two attached hydrogens (primary N) is 1. The van der Waals surface area contributed by atoms with Gasteiger partial charge in [-0.1, -0.05) is 78.9 Å². The summed E-state index contributed by atoms with van der Waals surface area (Å²) < 4.78 is 64.4. The maximum atomic E-state index is 14.6. The summed E-state index contributed by atoms with van der Waals surface area (Å²) >= 11 is 0. The Morgan fingerprint density at radius 1 is 0.561 bits per heavy atom. The molecule has 28 heteroatoms. The third kappa shape index (κ3) is 19.8. The quantitative estimate of drug-likeness (QED) is 0.0361. The number of hydrogen-bond donors (Lipinski definition) is 9. The molecule has 0 unspecified atom stereocenters. The van der Waals surface area contributed by atoms with Crippen molar-refractivity contribution in [2.75, 3.05) is 11.9 Å². The Morgan fingerprint density at radius 3 is 1.39 bits per heavy atom. The van der Waals surface area contributed by atoms with E-state index in [1.165, 1.54) is 29.8 Å². The fraction of sp³-hybridized carbons (Fsp3) is 0.152. The number of H-pyrrole nitrogens is 3. The Balaban J connectivity index is 0.000000143. The van der Waals surface area contributed by atoms with Crippen LogP contribution in [0.3, 0.4) is 0 Å². The zero-order chi connectivity index (χ0) is 75.7. The van der Waals surface area contributed by atoms with Gasteiger partial charge in [0.25, 0.3) is 17.7 Å². The van der Waals surface area contributed by atoms with Crippen LogP contribution >= 0.6 is 0 Å². The Morgan fingerprint density at radius 2 is 0.991 bits per heavy atom. The number of amides is 5. The van der Waals surface area contributed by atoms with E-state index < -0.39 is 64.8 Å². The van der Waals surface area contributed by atoms with Crippen LogP contribution in [0.1, 0.15) is 128 Å². The molecule has 542 valence electrons. The molecular formula is C79H71F4N17O7. The molecule has 1 aliphatic carbocycles. The Bertz CT molecular complexity index is 5470. The number of aromatic nitrogens is 12. The number of carbonyl (C=O) groups excluding carboxylic acids is 5. The van der Waals surface area contributed by atoms with E-state index in [0.29, 0.717) is 61.1 Å². The first-order valence-corrected chi connectivity index (χ1v) is 33.4. The smallest absolute Gasteiger partial charge is 0.412 e. The fourth-order valence-corrected chi connectivity index (χ4v) is 10.7. The van der Waals surface area contributed by atoms with Crippen LogP contribution in [0.15, 0.2) is 177 Å². The summed E-state index contributed by atoms with van der Waals surface area (Å²) in [6.45, 7) is 6.47. The number of nitrogens with zero attached hydrogens (tertiary/aromatic N) is 9. The van der Waals surface area contributed by atoms with Gasteiger partial charge in [-0.3, -0.25) is 64.4 Å². The molecule has 0 bridgehead atoms. The summed E-state index contributed by atoms with van der Waals surface area (Å²) in [6, 6.07) is 33.9. The Hall–Kier alpha value is -13.6. The first-order valence-electron chi connectivity index (χ1n) is 33.4. The zero-order valence-corrected chi connectivity index (χ0v) is 58.2. The molecule has 8 aromatic heterocycles. The van der Waals surface area contributed by atoms with Crippen molar-refractivity contribution < 1.29 is 51.4 Å². The van der Waals surface area contributed by atoms with Crippen LogP contribution in [0.5, 0.6) is 0 Å². The number of halogens is 4. The molecule has 14 rings (SSSR count). The number of hydrogen-bond acceptors (Lipinski definition) is 15. The number of aromatic amines is 3. The third-order valence-corrected chi connectivity index (χ3v) is 16.2. The highest BCUT2D eigenvalue weighted by molar-refractivity contribution is 6.04. The van der Waals surface area contributed by atoms with E-state index in [1.54, 1.807) is 132 Å². The molecule has 1 fully saturated rings. The third-order valence-electron chi connectivity index (χ3n) is 16.2. The van der Waals surface area contributed by atoms with Crippen molar-refractivity contribution in [2.24, 2.45) is 12.8 Å². The molecule has 5 amide bonds. The van der Waals surface area contributed by atoms with Crippen LogP contribution in [-0.4, -0.2) is 119 Å². The largest absolute Gasteiger partial charge is 0.444 e. The molecule has 1 saturated carbocycles. The van der Waals surface area contributed by atoms with Crippen molar-refractivity contribution in [1.29, 1.82) is 0 Å². The number of ether oxygens (including phenoxy) is 1. The molecule has 1 aliphatic rings. The van der Waals surface area contributed by atoms with Gasteiger partial charge < -0.3 is 31.5 Å². The van der Waals surface area contributed by atoms with Gasteiger partial charge in [-0.25, -0.2) is 22.4 Å². The lowest BCUT2D eigenvalue weighted by Gasteiger charge is -2.19. The number of fused-ring (bicyclic) bond motifs is 4. The van der Waals surface area contributed by atoms with Gasteiger partial charge in [0.15, 0.2) is 23.3 Å². The van der Waals surface area contributed by atoms with Crippen molar-refractivity contribution in [1.82, 2.24) is 76.3 Å². The SMILES string of the molecule is C[C@H](NC(=O)c1cc(F)c2n[nH]c(C=Cc3cccnc3)c2c1)C(N)=O.Cn1nc(/C=C/c2cccnc2)c2cc(NC(=O)OC(C)(C)C)cc(F)c21.O=C(NC1CC1)c1cc(F)c2n[nH]c(/C=C/c3cccnc3)c2c1.O=C(N[C@H](CO)c1ccccc1)c1cc(F)c2n[nH]c(/C=C/c3cccnc3)c2c1. The van der Waals surface area contributed by atoms with Crippen LogP contribution in [0, 0.1) is 23.3 Å². The lowest BCUT2D eigenvalue weighted by atomic mass is 10.1. The predicted octanol–water partition coefficient (Wildman–Crippen LogP) is 13.4. The zero-order valence-electron chi connectivity index (χ0n) is 58.2. The van der Waals surface area contributed by atoms with Crippen LogP contribution < -0.4 is 27.0 Å². The summed E-state index contributed by atoms with van der Waals surface area (Å²) in [5.41, 5.74) is 12.8. The van der Waals surface area contributed by atoms with E-state index in [1.807, 2.05) is 91.0 Å². The molecule has 0 saturated heterocycles. The minimum absolute atomic E-state index is 0.0699. The lowest BCUT2D eigenvalue weighted by Crippen LogP contribution is -2.42. The number of pyridine rings is 4. The molecule has 2 atom stereocenters. The molecule has 107 heavy (non-hydrogen) atoms. The number of primary amides is 1. The van der Waals surface area contributed by atoms with E-state index in [2.05, 4.69) is 76.9 Å². The van der Waals surface area contributed by atoms with Gasteiger partial charge in [0.05, 0.1) is 35.4 Å². The summed E-state index contributed by atoms with van der Waals surface area (Å²) in [7, 11) is 1.67. The topological polar surface area (TPSA) is 344 Å². The van der Waals surface area contributed by atoms with Gasteiger partial charge in [-0.15, -0.1) is 0 Å². The molecule has 0 spiro atoms. The van der Waals surface area contributed by atoms with Gasteiger partial charge in [0.1, 0.15) is 33.7 Å². The van der Waals surface area contributed by atoms with Crippen molar-refractivity contribution in [3.05, 3.63) is 268 Å². The maximum Gasteiger partial charge on any atom is 0.412 e. The molecule has 13 aromatic rings. The predicted molar refractivity (Wildman–Crippen MR) is 402 cm³/mol. The van der Waals surface area contributed by atoms with Crippen molar-refractivity contribution >= 4 is 128 Å². The van der Waals surface area contributed by atoms with Crippen LogP contribution in [0.2, 0.25) is 0 Å². The van der Waals surface area contributed by atoms with Crippen molar-refractivity contribution in [3.63, 3.8) is 0 Å². The lowest BCUT2D eigenvalue weighted by molar-refractivity contribution is -0.119. The van der Waals surface area contributed by atoms with Gasteiger partial charge in [0.2, 0.25) is 5.91 Å². The van der Waals surface area contributed by atoms with Crippen LogP contribution in [0.4, 0.5) is 28.0 Å². The molecule has 10 N–H and O–H groups in total. The highest BCUT2D eigenvalue weighted by atomic mass is 19.1. The van der Waals surface area contributed by atoms with Gasteiger partial charge in [0, 0.05) is 107 Å². The summed E-state index contributed by atoms with van der Waals surface area (Å²) in [6.07, 6.45) is 29.3. The van der Waals surface area contributed by atoms with E-state index in [9.17, 15) is 46.6 Å². The monoisotopic (exact) mass is 1450 g/mol. The summed E-state index contributed by atoms with van der Waals surface area (Å²) in [5.74, 6) is -4.24. The number of aryl methyl sites for hydroxylation is 1. The first-order chi connectivity index (χ1) is 51.5. The van der Waals surface area contributed by atoms with Crippen molar-refractivity contribution in [3.8, 4) is 0 Å². The van der Waals surface area contributed by atoms with Crippen LogP contribution in [-0.2, 0) is 16.6 Å². The second kappa shape index (κ2) is 34.1. The second-order valence-electron chi connectivity index (χ2n) is 25.4. The highest BCUT2D eigenvalue weighted by Gasteiger charge is 2.26. The summed E-state index contributed by atoms with van der Waals surface area (Å²) in [5, 5.41) is 47.1. The normalized spacial score (nSPS) is 12.7. The minimum atomic E-state index is -0.865. The molecule has 0 radical (unpaired) electrons. The number of benzene rings is 5. The van der Waals surface area contributed by atoms with E-state index in [0.717, 1.165) is 52.8 Å². The minimum Gasteiger partial charge on any atom is -0.444 e. The molecular weight excluding hydrogens is 1370 g/mol. The standard InChI is InChI=1S/C23H19FN4O2.C20H21FN4O2.C18H16FN5O2.C18H15FN4O/c24-19-12-17(23(30)26-21(14-29)16-6-2-1-3-7-16)11-18-20(27-28-22(18)19)9-8-15-5-4-10-25-13-15;1-20(2,3)27-19(26)23-14-10-15-17(8-7-13-6-5-9-22-12-13)24-25(4)18(15)16(21)11-14;1-10(17(20)25)22-18(26)12-7-13-15(23-24-16(13)14(19)8-12)5-4-11-3-2-6-21-9-11;19-15-9-12(18(24)21-13-4-5-13)8-14-16(22-23-17(14)15)6-3-11-2-1-7-20-10-11/h1-13,21,29H,14H2,(H,26,30)(H,27,28);5-12H,1-4H3,(H,23,26);2-10H,1H3,(H2,20,25)(H,22,26)(H,23,24);1-3,6-10,13H,4-5H2,(H,21,24)(H,22,23)/b9-8+;8-7+;;6-3+/t21-;;10-;/m1.0./s1. The van der Waals surface area contributed by atoms with Gasteiger partial charge >= 0.3 is 6.09 Å². The number of rotatable bonds is 18. The van der Waals surface area contributed by atoms with E-state index in [-0.39, 0.29) is 46.2 Å².